The standard InChI is InChI=1S/C22H26N4O5/c1-13(7-16-8-20(29-5)21(30-6)9-19(16)28-4)22(27)24-17-10-23-26(11-17)12-18-14(2)25-31-15(18)3/h7-11H,12H2,1-6H3,(H,24,27)/b13-7+. The van der Waals surface area contributed by atoms with Crippen molar-refractivity contribution in [3.8, 4) is 17.2 Å². The summed E-state index contributed by atoms with van der Waals surface area (Å²) in [5.74, 6) is 2.15. The minimum absolute atomic E-state index is 0.256. The molecular weight excluding hydrogens is 400 g/mol. The summed E-state index contributed by atoms with van der Waals surface area (Å²) in [6, 6.07) is 3.48. The van der Waals surface area contributed by atoms with Gasteiger partial charge in [0.25, 0.3) is 5.91 Å². The van der Waals surface area contributed by atoms with Crippen LogP contribution in [-0.2, 0) is 11.3 Å². The molecule has 0 radical (unpaired) electrons. The maximum absolute atomic E-state index is 12.7. The van der Waals surface area contributed by atoms with Crippen molar-refractivity contribution >= 4 is 17.7 Å². The number of hydrogen-bond acceptors (Lipinski definition) is 7. The van der Waals surface area contributed by atoms with Gasteiger partial charge < -0.3 is 24.1 Å². The second-order valence-electron chi connectivity index (χ2n) is 6.96. The fraction of sp³-hybridized carbons (Fsp3) is 0.318. The molecule has 0 aliphatic rings. The number of anilines is 1. The summed E-state index contributed by atoms with van der Waals surface area (Å²) in [5, 5.41) is 11.1. The first kappa shape index (κ1) is 21.9. The molecule has 0 fully saturated rings. The van der Waals surface area contributed by atoms with Crippen molar-refractivity contribution in [2.75, 3.05) is 26.6 Å². The average Bonchev–Trinajstić information content (AvgIpc) is 3.34. The number of amides is 1. The van der Waals surface area contributed by atoms with Crippen molar-refractivity contribution in [2.24, 2.45) is 0 Å². The smallest absolute Gasteiger partial charge is 0.251 e. The lowest BCUT2D eigenvalue weighted by atomic mass is 10.1. The quantitative estimate of drug-likeness (QED) is 0.549. The first-order valence-corrected chi connectivity index (χ1v) is 9.60. The van der Waals surface area contributed by atoms with Crippen molar-refractivity contribution < 1.29 is 23.5 Å². The molecule has 3 rings (SSSR count). The largest absolute Gasteiger partial charge is 0.496 e. The molecule has 0 unspecified atom stereocenters. The molecule has 0 aliphatic heterocycles. The zero-order valence-electron chi connectivity index (χ0n) is 18.5. The van der Waals surface area contributed by atoms with Crippen molar-refractivity contribution in [3.63, 3.8) is 0 Å². The van der Waals surface area contributed by atoms with Crippen LogP contribution in [0.15, 0.2) is 34.6 Å². The van der Waals surface area contributed by atoms with Gasteiger partial charge in [0.05, 0.1) is 45.5 Å². The first-order chi connectivity index (χ1) is 14.9. The number of benzene rings is 1. The van der Waals surface area contributed by atoms with Crippen LogP contribution in [0.25, 0.3) is 6.08 Å². The van der Waals surface area contributed by atoms with E-state index in [0.717, 1.165) is 17.0 Å². The van der Waals surface area contributed by atoms with E-state index in [1.165, 1.54) is 0 Å². The van der Waals surface area contributed by atoms with E-state index in [1.54, 1.807) is 63.5 Å². The molecule has 0 saturated heterocycles. The third-order valence-electron chi connectivity index (χ3n) is 4.86. The summed E-state index contributed by atoms with van der Waals surface area (Å²) in [6.07, 6.45) is 5.08. The summed E-state index contributed by atoms with van der Waals surface area (Å²) in [4.78, 5) is 12.7. The zero-order valence-corrected chi connectivity index (χ0v) is 18.5. The maximum atomic E-state index is 12.7. The van der Waals surface area contributed by atoms with Crippen LogP contribution in [0.5, 0.6) is 17.2 Å². The van der Waals surface area contributed by atoms with Gasteiger partial charge in [0, 0.05) is 29.0 Å². The minimum atomic E-state index is -0.256. The van der Waals surface area contributed by atoms with E-state index in [2.05, 4.69) is 15.6 Å². The number of hydrogen-bond donors (Lipinski definition) is 1. The fourth-order valence-corrected chi connectivity index (χ4v) is 3.10. The summed E-state index contributed by atoms with van der Waals surface area (Å²) in [7, 11) is 4.66. The molecule has 0 saturated carbocycles. The van der Waals surface area contributed by atoms with Crippen molar-refractivity contribution in [1.82, 2.24) is 14.9 Å². The Balaban J connectivity index is 1.75. The van der Waals surface area contributed by atoms with Crippen LogP contribution in [0, 0.1) is 13.8 Å². The molecule has 1 aromatic carbocycles. The molecule has 1 N–H and O–H groups in total. The van der Waals surface area contributed by atoms with Gasteiger partial charge in [-0.25, -0.2) is 0 Å². The van der Waals surface area contributed by atoms with Crippen LogP contribution in [0.2, 0.25) is 0 Å². The van der Waals surface area contributed by atoms with Gasteiger partial charge in [-0.05, 0) is 32.9 Å². The minimum Gasteiger partial charge on any atom is -0.496 e. The number of ether oxygens (including phenoxy) is 3. The molecule has 3 aromatic rings. The van der Waals surface area contributed by atoms with Crippen LogP contribution in [0.4, 0.5) is 5.69 Å². The normalized spacial score (nSPS) is 11.4. The highest BCUT2D eigenvalue weighted by Gasteiger charge is 2.14. The van der Waals surface area contributed by atoms with Gasteiger partial charge in [-0.15, -0.1) is 0 Å². The second kappa shape index (κ2) is 9.38. The van der Waals surface area contributed by atoms with E-state index in [-0.39, 0.29) is 5.91 Å². The fourth-order valence-electron chi connectivity index (χ4n) is 3.10. The summed E-state index contributed by atoms with van der Waals surface area (Å²) in [5.41, 5.74) is 3.56. The van der Waals surface area contributed by atoms with Crippen LogP contribution in [-0.4, -0.2) is 42.2 Å². The van der Waals surface area contributed by atoms with Crippen molar-refractivity contribution in [3.05, 3.63) is 52.7 Å². The SMILES string of the molecule is COc1cc(OC)c(OC)cc1/C=C(\C)C(=O)Nc1cnn(Cc2c(C)noc2C)c1. The van der Waals surface area contributed by atoms with Gasteiger partial charge in [-0.3, -0.25) is 9.48 Å². The highest BCUT2D eigenvalue weighted by Crippen LogP contribution is 2.35. The molecule has 0 bridgehead atoms. The van der Waals surface area contributed by atoms with E-state index in [1.807, 2.05) is 13.8 Å². The Morgan fingerprint density at radius 1 is 1.13 bits per heavy atom. The van der Waals surface area contributed by atoms with Crippen LogP contribution in [0.3, 0.4) is 0 Å². The maximum Gasteiger partial charge on any atom is 0.251 e. The molecule has 1 amide bonds. The summed E-state index contributed by atoms with van der Waals surface area (Å²) < 4.78 is 23.0. The number of carbonyl (C=O) groups excluding carboxylic acids is 1. The van der Waals surface area contributed by atoms with Crippen LogP contribution in [0.1, 0.15) is 29.5 Å². The van der Waals surface area contributed by atoms with Gasteiger partial charge in [-0.2, -0.15) is 5.10 Å². The molecule has 9 nitrogen and oxygen atoms in total. The van der Waals surface area contributed by atoms with Crippen molar-refractivity contribution in [1.29, 1.82) is 0 Å². The lowest BCUT2D eigenvalue weighted by Gasteiger charge is -2.12. The number of nitrogens with one attached hydrogen (secondary N) is 1. The highest BCUT2D eigenvalue weighted by atomic mass is 16.5. The Kier molecular flexibility index (Phi) is 6.64. The highest BCUT2D eigenvalue weighted by molar-refractivity contribution is 6.06. The Morgan fingerprint density at radius 3 is 2.42 bits per heavy atom. The van der Waals surface area contributed by atoms with Gasteiger partial charge in [0.2, 0.25) is 0 Å². The molecule has 164 valence electrons. The van der Waals surface area contributed by atoms with E-state index in [9.17, 15) is 4.79 Å². The van der Waals surface area contributed by atoms with Gasteiger partial charge in [0.1, 0.15) is 11.5 Å². The topological polar surface area (TPSA) is 101 Å². The number of aromatic nitrogens is 3. The van der Waals surface area contributed by atoms with E-state index >= 15 is 0 Å². The number of rotatable bonds is 8. The number of nitrogens with zero attached hydrogens (tertiary/aromatic N) is 3. The molecule has 9 heteroatoms. The Labute approximate surface area is 180 Å². The number of carbonyl (C=O) groups is 1. The van der Waals surface area contributed by atoms with Crippen molar-refractivity contribution in [2.45, 2.75) is 27.3 Å². The third kappa shape index (κ3) is 4.88. The Bertz CT molecular complexity index is 1090. The number of aryl methyl sites for hydroxylation is 2. The second-order valence-corrected chi connectivity index (χ2v) is 6.96. The predicted octanol–water partition coefficient (Wildman–Crippen LogP) is 3.60. The third-order valence-corrected chi connectivity index (χ3v) is 4.86. The van der Waals surface area contributed by atoms with Gasteiger partial charge >= 0.3 is 0 Å². The first-order valence-electron chi connectivity index (χ1n) is 9.60. The van der Waals surface area contributed by atoms with E-state index < -0.39 is 0 Å². The van der Waals surface area contributed by atoms with Gasteiger partial charge in [-0.1, -0.05) is 5.16 Å². The van der Waals surface area contributed by atoms with E-state index in [4.69, 9.17) is 18.7 Å². The van der Waals surface area contributed by atoms with Crippen LogP contribution >= 0.6 is 0 Å². The molecule has 2 heterocycles. The molecule has 31 heavy (non-hydrogen) atoms. The lowest BCUT2D eigenvalue weighted by Crippen LogP contribution is -2.12. The number of methoxy groups -OCH3 is 3. The Hall–Kier alpha value is -3.75. The summed E-state index contributed by atoms with van der Waals surface area (Å²) in [6.45, 7) is 5.97. The average molecular weight is 426 g/mol. The lowest BCUT2D eigenvalue weighted by molar-refractivity contribution is -0.112. The molecule has 0 spiro atoms. The molecule has 0 atom stereocenters. The van der Waals surface area contributed by atoms with Gasteiger partial charge in [0.15, 0.2) is 11.5 Å². The molecular formula is C22H26N4O5. The molecule has 0 aliphatic carbocycles. The van der Waals surface area contributed by atoms with E-state index in [0.29, 0.717) is 40.6 Å². The monoisotopic (exact) mass is 426 g/mol. The zero-order chi connectivity index (χ0) is 22.5. The predicted molar refractivity (Wildman–Crippen MR) is 116 cm³/mol. The van der Waals surface area contributed by atoms with Crippen LogP contribution < -0.4 is 19.5 Å². The Morgan fingerprint density at radius 2 is 1.81 bits per heavy atom. The summed E-state index contributed by atoms with van der Waals surface area (Å²) >= 11 is 0. The molecule has 2 aromatic heterocycles.